The number of halogens is 2. The summed E-state index contributed by atoms with van der Waals surface area (Å²) < 4.78 is 42.7. The van der Waals surface area contributed by atoms with Crippen LogP contribution in [0.15, 0.2) is 18.2 Å². The topological polar surface area (TPSA) is 63.7 Å². The Balaban J connectivity index is 1.76. The molecule has 3 rings (SSSR count). The zero-order chi connectivity index (χ0) is 17.5. The molecule has 1 aromatic rings. The predicted octanol–water partition coefficient (Wildman–Crippen LogP) is 2.14. The van der Waals surface area contributed by atoms with Crippen molar-refractivity contribution in [2.75, 3.05) is 32.1 Å². The minimum Gasteiger partial charge on any atom is -0.381 e. The van der Waals surface area contributed by atoms with Gasteiger partial charge in [-0.2, -0.15) is 0 Å². The molecule has 132 valence electrons. The normalized spacial score (nSPS) is 24.1. The van der Waals surface area contributed by atoms with Gasteiger partial charge in [-0.05, 0) is 31.5 Å². The molecule has 2 aliphatic heterocycles. The molecular weight excluding hydrogens is 357 g/mol. The molecular formula is C16H19ClFNO4S. The van der Waals surface area contributed by atoms with E-state index in [2.05, 4.69) is 0 Å². The second-order valence-electron chi connectivity index (χ2n) is 6.32. The number of carbonyl (C=O) groups excluding carboxylic acids is 1. The third kappa shape index (κ3) is 2.72. The highest BCUT2D eigenvalue weighted by atomic mass is 35.5. The maximum atomic E-state index is 13.2. The van der Waals surface area contributed by atoms with Gasteiger partial charge in [0.25, 0.3) is 5.91 Å². The molecule has 1 spiro atoms. The van der Waals surface area contributed by atoms with Gasteiger partial charge in [0.05, 0.1) is 17.4 Å². The van der Waals surface area contributed by atoms with Gasteiger partial charge in [-0.3, -0.25) is 4.79 Å². The number of ether oxygens (including phenoxy) is 1. The first-order chi connectivity index (χ1) is 11.3. The van der Waals surface area contributed by atoms with E-state index < -0.39 is 20.4 Å². The van der Waals surface area contributed by atoms with Gasteiger partial charge in [-0.15, -0.1) is 0 Å². The maximum absolute atomic E-state index is 13.2. The van der Waals surface area contributed by atoms with Crippen molar-refractivity contribution in [3.8, 4) is 0 Å². The van der Waals surface area contributed by atoms with Crippen LogP contribution in [0, 0.1) is 11.7 Å². The Labute approximate surface area is 145 Å². The summed E-state index contributed by atoms with van der Waals surface area (Å²) in [5.74, 6) is -0.888. The molecule has 0 saturated carbocycles. The fourth-order valence-corrected chi connectivity index (χ4v) is 6.10. The average Bonchev–Trinajstić information content (AvgIpc) is 2.76. The lowest BCUT2D eigenvalue weighted by molar-refractivity contribution is 0.0271. The van der Waals surface area contributed by atoms with E-state index in [4.69, 9.17) is 16.3 Å². The molecule has 2 fully saturated rings. The lowest BCUT2D eigenvalue weighted by Gasteiger charge is -2.49. The van der Waals surface area contributed by atoms with Crippen LogP contribution in [0.1, 0.15) is 23.7 Å². The van der Waals surface area contributed by atoms with Crippen molar-refractivity contribution < 1.29 is 22.3 Å². The fourth-order valence-electron chi connectivity index (χ4n) is 3.52. The summed E-state index contributed by atoms with van der Waals surface area (Å²) in [5.41, 5.74) is 0.257. The molecule has 0 aliphatic carbocycles. The zero-order valence-electron chi connectivity index (χ0n) is 13.3. The lowest BCUT2D eigenvalue weighted by Crippen LogP contribution is -2.68. The van der Waals surface area contributed by atoms with Crippen molar-refractivity contribution in [1.82, 2.24) is 4.90 Å². The number of nitrogens with zero attached hydrogens (tertiary/aromatic N) is 1. The Morgan fingerprint density at radius 2 is 2.17 bits per heavy atom. The molecule has 1 unspecified atom stereocenters. The Hall–Kier alpha value is -1.18. The first-order valence-corrected chi connectivity index (χ1v) is 9.88. The van der Waals surface area contributed by atoms with E-state index in [1.165, 1.54) is 17.0 Å². The van der Waals surface area contributed by atoms with E-state index >= 15 is 0 Å². The van der Waals surface area contributed by atoms with Crippen LogP contribution in [0.2, 0.25) is 5.02 Å². The standard InChI is InChI=1S/C16H19ClFNO4S/c1-2-23-8-12-5-6-24(21,22)16(12)9-19(10-16)15(20)11-3-4-14(18)13(17)7-11/h3-4,7,12H,2,5-6,8-10H2,1H3. The molecule has 1 atom stereocenters. The number of hydrogen-bond donors (Lipinski definition) is 0. The maximum Gasteiger partial charge on any atom is 0.254 e. The van der Waals surface area contributed by atoms with Gasteiger partial charge in [0, 0.05) is 31.2 Å². The number of likely N-dealkylation sites (tertiary alicyclic amines) is 1. The van der Waals surface area contributed by atoms with Gasteiger partial charge in [0.2, 0.25) is 0 Å². The fraction of sp³-hybridized carbons (Fsp3) is 0.562. The SMILES string of the molecule is CCOCC1CCS(=O)(=O)C12CN(C(=O)c1ccc(F)c(Cl)c1)C2. The zero-order valence-corrected chi connectivity index (χ0v) is 14.9. The smallest absolute Gasteiger partial charge is 0.254 e. The average molecular weight is 376 g/mol. The van der Waals surface area contributed by atoms with Crippen LogP contribution in [0.5, 0.6) is 0 Å². The lowest BCUT2D eigenvalue weighted by atomic mass is 9.83. The number of carbonyl (C=O) groups is 1. The molecule has 2 heterocycles. The number of hydrogen-bond acceptors (Lipinski definition) is 4. The molecule has 0 aromatic heterocycles. The minimum absolute atomic E-state index is 0.0942. The molecule has 8 heteroatoms. The van der Waals surface area contributed by atoms with Gasteiger partial charge in [0.1, 0.15) is 10.6 Å². The highest BCUT2D eigenvalue weighted by molar-refractivity contribution is 7.93. The van der Waals surface area contributed by atoms with Gasteiger partial charge >= 0.3 is 0 Å². The van der Waals surface area contributed by atoms with Crippen LogP contribution < -0.4 is 0 Å². The highest BCUT2D eigenvalue weighted by Gasteiger charge is 2.62. The molecule has 1 aromatic carbocycles. The summed E-state index contributed by atoms with van der Waals surface area (Å²) in [6, 6.07) is 3.76. The Bertz CT molecular complexity index is 761. The van der Waals surface area contributed by atoms with E-state index in [1.54, 1.807) is 0 Å². The van der Waals surface area contributed by atoms with Gasteiger partial charge < -0.3 is 9.64 Å². The number of amides is 1. The van der Waals surface area contributed by atoms with E-state index in [-0.39, 0.29) is 41.3 Å². The molecule has 5 nitrogen and oxygen atoms in total. The second-order valence-corrected chi connectivity index (χ2v) is 9.18. The van der Waals surface area contributed by atoms with Crippen molar-refractivity contribution in [3.05, 3.63) is 34.6 Å². The Morgan fingerprint density at radius 1 is 1.46 bits per heavy atom. The third-order valence-electron chi connectivity index (χ3n) is 4.99. The molecule has 0 bridgehead atoms. The van der Waals surface area contributed by atoms with Crippen molar-refractivity contribution in [3.63, 3.8) is 0 Å². The number of rotatable bonds is 4. The van der Waals surface area contributed by atoms with Crippen LogP contribution in [0.4, 0.5) is 4.39 Å². The Morgan fingerprint density at radius 3 is 2.79 bits per heavy atom. The summed E-state index contributed by atoms with van der Waals surface area (Å²) in [6.07, 6.45) is 0.562. The van der Waals surface area contributed by atoms with Gasteiger partial charge in [-0.25, -0.2) is 12.8 Å². The summed E-state index contributed by atoms with van der Waals surface area (Å²) in [5, 5.41) is -0.126. The third-order valence-corrected chi connectivity index (χ3v) is 7.89. The van der Waals surface area contributed by atoms with Crippen molar-refractivity contribution in [1.29, 1.82) is 0 Å². The largest absolute Gasteiger partial charge is 0.381 e. The van der Waals surface area contributed by atoms with E-state index in [1.807, 2.05) is 6.92 Å². The van der Waals surface area contributed by atoms with Crippen LogP contribution in [0.3, 0.4) is 0 Å². The monoisotopic (exact) mass is 375 g/mol. The second kappa shape index (κ2) is 6.28. The van der Waals surface area contributed by atoms with Crippen molar-refractivity contribution >= 4 is 27.3 Å². The van der Waals surface area contributed by atoms with Gasteiger partial charge in [-0.1, -0.05) is 11.6 Å². The molecule has 2 aliphatic rings. The summed E-state index contributed by atoms with van der Waals surface area (Å²) >= 11 is 5.71. The number of sulfone groups is 1. The summed E-state index contributed by atoms with van der Waals surface area (Å²) in [6.45, 7) is 3.09. The molecule has 0 N–H and O–H groups in total. The van der Waals surface area contributed by atoms with Crippen molar-refractivity contribution in [2.24, 2.45) is 5.92 Å². The molecule has 2 saturated heterocycles. The minimum atomic E-state index is -3.25. The van der Waals surface area contributed by atoms with Crippen molar-refractivity contribution in [2.45, 2.75) is 18.1 Å². The first-order valence-electron chi connectivity index (χ1n) is 7.85. The van der Waals surface area contributed by atoms with Crippen LogP contribution in [-0.4, -0.2) is 56.0 Å². The van der Waals surface area contributed by atoms with Crippen LogP contribution in [0.25, 0.3) is 0 Å². The highest BCUT2D eigenvalue weighted by Crippen LogP contribution is 2.45. The van der Waals surface area contributed by atoms with E-state index in [0.717, 1.165) is 6.07 Å². The number of benzene rings is 1. The molecule has 1 amide bonds. The molecule has 0 radical (unpaired) electrons. The quantitative estimate of drug-likeness (QED) is 0.808. The molecule has 24 heavy (non-hydrogen) atoms. The van der Waals surface area contributed by atoms with E-state index in [9.17, 15) is 17.6 Å². The Kier molecular flexibility index (Phi) is 4.61. The van der Waals surface area contributed by atoms with Crippen LogP contribution in [-0.2, 0) is 14.6 Å². The van der Waals surface area contributed by atoms with Crippen LogP contribution >= 0.6 is 11.6 Å². The summed E-state index contributed by atoms with van der Waals surface area (Å²) in [4.78, 5) is 14.0. The predicted molar refractivity (Wildman–Crippen MR) is 88.4 cm³/mol. The van der Waals surface area contributed by atoms with E-state index in [0.29, 0.717) is 19.6 Å². The summed E-state index contributed by atoms with van der Waals surface area (Å²) in [7, 11) is -3.25. The first kappa shape index (κ1) is 17.6. The van der Waals surface area contributed by atoms with Gasteiger partial charge in [0.15, 0.2) is 9.84 Å².